The third-order valence-corrected chi connectivity index (χ3v) is 4.73. The zero-order chi connectivity index (χ0) is 18.8. The number of fused-ring (bicyclic) bond motifs is 1. The van der Waals surface area contributed by atoms with Gasteiger partial charge in [-0.1, -0.05) is 24.3 Å². The predicted molar refractivity (Wildman–Crippen MR) is 101 cm³/mol. The lowest BCUT2D eigenvalue weighted by molar-refractivity contribution is -0.123. The minimum atomic E-state index is -0.736. The SMILES string of the molecule is O=C(N[C@@H](Cc1c[nH]c2ccccc12)C(=O)NC1CC1)c1cccc(F)c1. The Kier molecular flexibility index (Phi) is 4.62. The summed E-state index contributed by atoms with van der Waals surface area (Å²) < 4.78 is 13.4. The van der Waals surface area contributed by atoms with Crippen molar-refractivity contribution in [2.45, 2.75) is 31.3 Å². The van der Waals surface area contributed by atoms with E-state index in [0.29, 0.717) is 6.42 Å². The van der Waals surface area contributed by atoms with Gasteiger partial charge in [-0.25, -0.2) is 4.39 Å². The Balaban J connectivity index is 1.56. The molecule has 0 bridgehead atoms. The third kappa shape index (κ3) is 4.00. The summed E-state index contributed by atoms with van der Waals surface area (Å²) in [5, 5.41) is 6.73. The van der Waals surface area contributed by atoms with Crippen LogP contribution in [-0.4, -0.2) is 28.9 Å². The molecule has 1 saturated carbocycles. The van der Waals surface area contributed by atoms with Gasteiger partial charge in [-0.15, -0.1) is 0 Å². The van der Waals surface area contributed by atoms with Gasteiger partial charge in [-0.05, 0) is 42.7 Å². The summed E-state index contributed by atoms with van der Waals surface area (Å²) in [5.41, 5.74) is 2.12. The fourth-order valence-corrected chi connectivity index (χ4v) is 3.13. The standard InChI is InChI=1S/C21H20FN3O2/c22-15-5-3-4-13(10-15)20(26)25-19(21(27)24-16-8-9-16)11-14-12-23-18-7-2-1-6-17(14)18/h1-7,10,12,16,19,23H,8-9,11H2,(H,24,27)(H,25,26)/t19-/m0/s1. The van der Waals surface area contributed by atoms with Gasteiger partial charge < -0.3 is 15.6 Å². The number of halogens is 1. The van der Waals surface area contributed by atoms with Crippen molar-refractivity contribution in [3.63, 3.8) is 0 Å². The molecule has 0 aliphatic heterocycles. The number of hydrogen-bond acceptors (Lipinski definition) is 2. The molecule has 1 aromatic heterocycles. The highest BCUT2D eigenvalue weighted by atomic mass is 19.1. The van der Waals surface area contributed by atoms with Crippen LogP contribution >= 0.6 is 0 Å². The molecule has 1 aliphatic rings. The first-order valence-corrected chi connectivity index (χ1v) is 9.02. The predicted octanol–water partition coefficient (Wildman–Crippen LogP) is 2.93. The summed E-state index contributed by atoms with van der Waals surface area (Å²) >= 11 is 0. The van der Waals surface area contributed by atoms with Gasteiger partial charge in [0.2, 0.25) is 5.91 Å². The molecule has 1 fully saturated rings. The molecule has 0 saturated heterocycles. The van der Waals surface area contributed by atoms with Crippen LogP contribution in [0, 0.1) is 5.82 Å². The van der Waals surface area contributed by atoms with Crippen molar-refractivity contribution in [3.05, 3.63) is 71.7 Å². The second-order valence-electron chi connectivity index (χ2n) is 6.88. The van der Waals surface area contributed by atoms with Crippen LogP contribution in [0.2, 0.25) is 0 Å². The van der Waals surface area contributed by atoms with Crippen molar-refractivity contribution in [3.8, 4) is 0 Å². The molecular weight excluding hydrogens is 345 g/mol. The molecule has 0 spiro atoms. The van der Waals surface area contributed by atoms with E-state index in [2.05, 4.69) is 15.6 Å². The van der Waals surface area contributed by atoms with E-state index in [0.717, 1.165) is 35.4 Å². The van der Waals surface area contributed by atoms with Gasteiger partial charge >= 0.3 is 0 Å². The maximum absolute atomic E-state index is 13.4. The van der Waals surface area contributed by atoms with Gasteiger partial charge in [0.15, 0.2) is 0 Å². The average Bonchev–Trinajstić information content (AvgIpc) is 3.39. The number of amides is 2. The van der Waals surface area contributed by atoms with Crippen LogP contribution in [0.1, 0.15) is 28.8 Å². The van der Waals surface area contributed by atoms with Crippen LogP contribution in [0.25, 0.3) is 10.9 Å². The summed E-state index contributed by atoms with van der Waals surface area (Å²) in [4.78, 5) is 28.4. The van der Waals surface area contributed by atoms with E-state index >= 15 is 0 Å². The summed E-state index contributed by atoms with van der Waals surface area (Å²) in [6, 6.07) is 12.7. The second-order valence-corrected chi connectivity index (χ2v) is 6.88. The molecule has 1 aliphatic carbocycles. The number of H-pyrrole nitrogens is 1. The van der Waals surface area contributed by atoms with E-state index in [4.69, 9.17) is 0 Å². The van der Waals surface area contributed by atoms with E-state index in [1.807, 2.05) is 30.5 Å². The minimum Gasteiger partial charge on any atom is -0.361 e. The van der Waals surface area contributed by atoms with E-state index in [9.17, 15) is 14.0 Å². The Morgan fingerprint density at radius 2 is 1.96 bits per heavy atom. The molecule has 5 nitrogen and oxygen atoms in total. The highest BCUT2D eigenvalue weighted by Gasteiger charge is 2.29. The number of carbonyl (C=O) groups is 2. The third-order valence-electron chi connectivity index (χ3n) is 4.73. The van der Waals surface area contributed by atoms with Crippen molar-refractivity contribution in [1.82, 2.24) is 15.6 Å². The normalized spacial score (nSPS) is 14.7. The van der Waals surface area contributed by atoms with Gasteiger partial charge in [-0.3, -0.25) is 9.59 Å². The van der Waals surface area contributed by atoms with Crippen LogP contribution in [-0.2, 0) is 11.2 Å². The first kappa shape index (κ1) is 17.3. The van der Waals surface area contributed by atoms with Crippen LogP contribution in [0.15, 0.2) is 54.7 Å². The van der Waals surface area contributed by atoms with E-state index in [1.165, 1.54) is 18.2 Å². The molecule has 1 heterocycles. The molecule has 4 rings (SSSR count). The molecule has 1 atom stereocenters. The molecule has 6 heteroatoms. The van der Waals surface area contributed by atoms with Crippen molar-refractivity contribution in [2.75, 3.05) is 0 Å². The maximum atomic E-state index is 13.4. The first-order valence-electron chi connectivity index (χ1n) is 9.02. The Bertz CT molecular complexity index is 994. The number of para-hydroxylation sites is 1. The molecule has 27 heavy (non-hydrogen) atoms. The zero-order valence-corrected chi connectivity index (χ0v) is 14.7. The number of nitrogens with one attached hydrogen (secondary N) is 3. The van der Waals surface area contributed by atoms with Crippen LogP contribution in [0.5, 0.6) is 0 Å². The number of aromatic nitrogens is 1. The fourth-order valence-electron chi connectivity index (χ4n) is 3.13. The molecule has 2 aromatic carbocycles. The van der Waals surface area contributed by atoms with E-state index in [1.54, 1.807) is 0 Å². The lowest BCUT2D eigenvalue weighted by atomic mass is 10.0. The Labute approximate surface area is 156 Å². The van der Waals surface area contributed by atoms with E-state index < -0.39 is 17.8 Å². The number of rotatable bonds is 6. The largest absolute Gasteiger partial charge is 0.361 e. The summed E-state index contributed by atoms with van der Waals surface area (Å²) in [6.45, 7) is 0. The van der Waals surface area contributed by atoms with Crippen LogP contribution in [0.4, 0.5) is 4.39 Å². The molecule has 0 unspecified atom stereocenters. The molecule has 3 aromatic rings. The minimum absolute atomic E-state index is 0.189. The Morgan fingerprint density at radius 3 is 2.74 bits per heavy atom. The monoisotopic (exact) mass is 365 g/mol. The van der Waals surface area contributed by atoms with Gasteiger partial charge in [0, 0.05) is 35.1 Å². The maximum Gasteiger partial charge on any atom is 0.252 e. The van der Waals surface area contributed by atoms with Crippen LogP contribution in [0.3, 0.4) is 0 Å². The smallest absolute Gasteiger partial charge is 0.252 e. The van der Waals surface area contributed by atoms with Gasteiger partial charge in [0.05, 0.1) is 0 Å². The molecule has 2 amide bonds. The Morgan fingerprint density at radius 1 is 1.15 bits per heavy atom. The Hall–Kier alpha value is -3.15. The molecule has 0 radical (unpaired) electrons. The lowest BCUT2D eigenvalue weighted by Gasteiger charge is -2.18. The number of hydrogen-bond donors (Lipinski definition) is 3. The highest BCUT2D eigenvalue weighted by molar-refractivity contribution is 5.98. The summed E-state index contributed by atoms with van der Waals surface area (Å²) in [5.74, 6) is -1.17. The van der Waals surface area contributed by atoms with Gasteiger partial charge in [0.1, 0.15) is 11.9 Å². The van der Waals surface area contributed by atoms with Gasteiger partial charge in [-0.2, -0.15) is 0 Å². The van der Waals surface area contributed by atoms with E-state index in [-0.39, 0.29) is 17.5 Å². The number of carbonyl (C=O) groups excluding carboxylic acids is 2. The van der Waals surface area contributed by atoms with Crippen molar-refractivity contribution >= 4 is 22.7 Å². The topological polar surface area (TPSA) is 74.0 Å². The summed E-state index contributed by atoms with van der Waals surface area (Å²) in [6.07, 6.45) is 4.13. The highest BCUT2D eigenvalue weighted by Crippen LogP contribution is 2.21. The van der Waals surface area contributed by atoms with Crippen molar-refractivity contribution in [2.24, 2.45) is 0 Å². The van der Waals surface area contributed by atoms with Crippen molar-refractivity contribution in [1.29, 1.82) is 0 Å². The quantitative estimate of drug-likeness (QED) is 0.628. The second kappa shape index (κ2) is 7.23. The van der Waals surface area contributed by atoms with Gasteiger partial charge in [0.25, 0.3) is 5.91 Å². The average molecular weight is 365 g/mol. The number of aromatic amines is 1. The molecule has 138 valence electrons. The first-order chi connectivity index (χ1) is 13.1. The lowest BCUT2D eigenvalue weighted by Crippen LogP contribution is -2.48. The fraction of sp³-hybridized carbons (Fsp3) is 0.238. The zero-order valence-electron chi connectivity index (χ0n) is 14.7. The molecular formula is C21H20FN3O2. The van der Waals surface area contributed by atoms with Crippen LogP contribution < -0.4 is 10.6 Å². The van der Waals surface area contributed by atoms with Crippen molar-refractivity contribution < 1.29 is 14.0 Å². The molecule has 3 N–H and O–H groups in total. The summed E-state index contributed by atoms with van der Waals surface area (Å²) in [7, 11) is 0. The number of benzene rings is 2.